The third kappa shape index (κ3) is 3.46. The average molecular weight is 312 g/mol. The van der Waals surface area contributed by atoms with Gasteiger partial charge in [0.1, 0.15) is 0 Å². The van der Waals surface area contributed by atoms with E-state index in [-0.39, 0.29) is 5.91 Å². The van der Waals surface area contributed by atoms with E-state index in [1.807, 2.05) is 18.2 Å². The van der Waals surface area contributed by atoms with E-state index in [1.165, 1.54) is 11.1 Å². The fourth-order valence-corrected chi connectivity index (χ4v) is 3.73. The molecule has 1 aromatic carbocycles. The second-order valence-electron chi connectivity index (χ2n) is 6.45. The maximum atomic E-state index is 12.7. The van der Waals surface area contributed by atoms with E-state index in [9.17, 15) is 14.7 Å². The SMILES string of the molecule is O=C([O-])C1CCCCC1C(=O)N1CC=C(c2ccccc2)CC1. The maximum absolute atomic E-state index is 12.7. The number of carboxylic acids is 1. The molecular formula is C19H22NO3-. The lowest BCUT2D eigenvalue weighted by Crippen LogP contribution is -2.47. The van der Waals surface area contributed by atoms with Crippen molar-refractivity contribution in [3.63, 3.8) is 0 Å². The predicted molar refractivity (Wildman–Crippen MR) is 86.1 cm³/mol. The third-order valence-corrected chi connectivity index (χ3v) is 5.05. The largest absolute Gasteiger partial charge is 0.550 e. The van der Waals surface area contributed by atoms with Crippen LogP contribution in [-0.4, -0.2) is 29.9 Å². The van der Waals surface area contributed by atoms with Crippen molar-refractivity contribution in [2.24, 2.45) is 11.8 Å². The van der Waals surface area contributed by atoms with Gasteiger partial charge in [0, 0.05) is 30.9 Å². The second-order valence-corrected chi connectivity index (χ2v) is 6.45. The van der Waals surface area contributed by atoms with Gasteiger partial charge in [0.2, 0.25) is 5.91 Å². The highest BCUT2D eigenvalue weighted by Crippen LogP contribution is 2.32. The Kier molecular flexibility index (Phi) is 4.79. The first kappa shape index (κ1) is 15.8. The minimum absolute atomic E-state index is 0.0118. The number of hydrogen-bond acceptors (Lipinski definition) is 3. The highest BCUT2D eigenvalue weighted by molar-refractivity contribution is 5.85. The third-order valence-electron chi connectivity index (χ3n) is 5.05. The molecular weight excluding hydrogens is 290 g/mol. The van der Waals surface area contributed by atoms with Crippen molar-refractivity contribution in [1.29, 1.82) is 0 Å². The molecule has 0 saturated heterocycles. The highest BCUT2D eigenvalue weighted by Gasteiger charge is 2.34. The molecule has 1 fully saturated rings. The van der Waals surface area contributed by atoms with Crippen LogP contribution in [0.1, 0.15) is 37.7 Å². The molecule has 1 aliphatic carbocycles. The van der Waals surface area contributed by atoms with Crippen molar-refractivity contribution in [3.8, 4) is 0 Å². The molecule has 1 aromatic rings. The lowest BCUT2D eigenvalue weighted by molar-refractivity contribution is -0.314. The summed E-state index contributed by atoms with van der Waals surface area (Å²) in [7, 11) is 0. The van der Waals surface area contributed by atoms with Crippen molar-refractivity contribution in [2.75, 3.05) is 13.1 Å². The molecule has 1 heterocycles. The van der Waals surface area contributed by atoms with Gasteiger partial charge in [-0.2, -0.15) is 0 Å². The van der Waals surface area contributed by atoms with Crippen molar-refractivity contribution >= 4 is 17.4 Å². The Hall–Kier alpha value is -2.10. The summed E-state index contributed by atoms with van der Waals surface area (Å²) in [6.07, 6.45) is 5.95. The maximum Gasteiger partial charge on any atom is 0.226 e. The first-order chi connectivity index (χ1) is 11.2. The van der Waals surface area contributed by atoms with Crippen molar-refractivity contribution < 1.29 is 14.7 Å². The van der Waals surface area contributed by atoms with Crippen LogP contribution in [0.4, 0.5) is 0 Å². The number of carbonyl (C=O) groups is 2. The van der Waals surface area contributed by atoms with Gasteiger partial charge in [-0.15, -0.1) is 0 Å². The standard InChI is InChI=1S/C19H23NO3/c21-18(16-8-4-5-9-17(16)19(22)23)20-12-10-15(11-13-20)14-6-2-1-3-7-14/h1-3,6-7,10,16-17H,4-5,8-9,11-13H2,(H,22,23)/p-1. The molecule has 4 nitrogen and oxygen atoms in total. The van der Waals surface area contributed by atoms with E-state index in [2.05, 4.69) is 18.2 Å². The highest BCUT2D eigenvalue weighted by atomic mass is 16.4. The molecule has 1 aliphatic heterocycles. The average Bonchev–Trinajstić information content (AvgIpc) is 2.62. The molecule has 1 saturated carbocycles. The molecule has 2 aliphatic rings. The number of nitrogens with zero attached hydrogens (tertiary/aromatic N) is 1. The van der Waals surface area contributed by atoms with Crippen LogP contribution in [0.15, 0.2) is 36.4 Å². The number of carboxylic acid groups (broad SMARTS) is 1. The summed E-state index contributed by atoms with van der Waals surface area (Å²) in [5.74, 6) is -2.10. The number of carbonyl (C=O) groups excluding carboxylic acids is 2. The molecule has 0 radical (unpaired) electrons. The minimum Gasteiger partial charge on any atom is -0.550 e. The molecule has 2 unspecified atom stereocenters. The van der Waals surface area contributed by atoms with Gasteiger partial charge in [0.05, 0.1) is 0 Å². The van der Waals surface area contributed by atoms with E-state index in [1.54, 1.807) is 4.90 Å². The molecule has 0 aromatic heterocycles. The Labute approximate surface area is 136 Å². The number of benzene rings is 1. The molecule has 4 heteroatoms. The van der Waals surface area contributed by atoms with Gasteiger partial charge in [-0.1, -0.05) is 49.2 Å². The Morgan fingerprint density at radius 3 is 2.35 bits per heavy atom. The van der Waals surface area contributed by atoms with E-state index < -0.39 is 17.8 Å². The van der Waals surface area contributed by atoms with Gasteiger partial charge in [0.15, 0.2) is 0 Å². The van der Waals surface area contributed by atoms with Crippen molar-refractivity contribution in [2.45, 2.75) is 32.1 Å². The number of amides is 1. The molecule has 3 rings (SSSR count). The molecule has 0 bridgehead atoms. The van der Waals surface area contributed by atoms with E-state index in [0.717, 1.165) is 19.3 Å². The van der Waals surface area contributed by atoms with Crippen LogP contribution in [-0.2, 0) is 9.59 Å². The van der Waals surface area contributed by atoms with Crippen molar-refractivity contribution in [1.82, 2.24) is 4.90 Å². The first-order valence-electron chi connectivity index (χ1n) is 8.41. The molecule has 122 valence electrons. The normalized spacial score (nSPS) is 24.9. The lowest BCUT2D eigenvalue weighted by Gasteiger charge is -2.36. The summed E-state index contributed by atoms with van der Waals surface area (Å²) < 4.78 is 0. The predicted octanol–water partition coefficient (Wildman–Crippen LogP) is 1.86. The quantitative estimate of drug-likeness (QED) is 0.856. The molecule has 2 atom stereocenters. The smallest absolute Gasteiger partial charge is 0.226 e. The zero-order valence-electron chi connectivity index (χ0n) is 13.2. The summed E-state index contributed by atoms with van der Waals surface area (Å²) in [6, 6.07) is 10.2. The van der Waals surface area contributed by atoms with Gasteiger partial charge in [-0.25, -0.2) is 0 Å². The van der Waals surface area contributed by atoms with Crippen LogP contribution < -0.4 is 5.11 Å². The van der Waals surface area contributed by atoms with Gasteiger partial charge in [-0.3, -0.25) is 4.79 Å². The summed E-state index contributed by atoms with van der Waals surface area (Å²) in [6.45, 7) is 1.23. The topological polar surface area (TPSA) is 60.4 Å². The first-order valence-corrected chi connectivity index (χ1v) is 8.41. The summed E-state index contributed by atoms with van der Waals surface area (Å²) >= 11 is 0. The number of hydrogen-bond donors (Lipinski definition) is 0. The van der Waals surface area contributed by atoms with Crippen LogP contribution in [0, 0.1) is 11.8 Å². The van der Waals surface area contributed by atoms with E-state index in [0.29, 0.717) is 25.9 Å². The van der Waals surface area contributed by atoms with Crippen LogP contribution >= 0.6 is 0 Å². The van der Waals surface area contributed by atoms with Crippen molar-refractivity contribution in [3.05, 3.63) is 42.0 Å². The monoisotopic (exact) mass is 312 g/mol. The van der Waals surface area contributed by atoms with Crippen LogP contribution in [0.25, 0.3) is 5.57 Å². The van der Waals surface area contributed by atoms with Gasteiger partial charge >= 0.3 is 0 Å². The second kappa shape index (κ2) is 6.99. The Morgan fingerprint density at radius 2 is 1.74 bits per heavy atom. The zero-order chi connectivity index (χ0) is 16.2. The summed E-state index contributed by atoms with van der Waals surface area (Å²) in [4.78, 5) is 25.8. The van der Waals surface area contributed by atoms with Gasteiger partial charge in [-0.05, 0) is 30.4 Å². The molecule has 23 heavy (non-hydrogen) atoms. The van der Waals surface area contributed by atoms with Crippen LogP contribution in [0.3, 0.4) is 0 Å². The van der Waals surface area contributed by atoms with Gasteiger partial charge in [0.25, 0.3) is 0 Å². The van der Waals surface area contributed by atoms with Crippen LogP contribution in [0.5, 0.6) is 0 Å². The molecule has 0 N–H and O–H groups in total. The minimum atomic E-state index is -1.07. The Bertz CT molecular complexity index is 608. The summed E-state index contributed by atoms with van der Waals surface area (Å²) in [5.41, 5.74) is 2.46. The summed E-state index contributed by atoms with van der Waals surface area (Å²) in [5, 5.41) is 11.3. The molecule has 0 spiro atoms. The molecule has 1 amide bonds. The Balaban J connectivity index is 1.68. The fraction of sp³-hybridized carbons (Fsp3) is 0.474. The Morgan fingerprint density at radius 1 is 1.04 bits per heavy atom. The zero-order valence-corrected chi connectivity index (χ0v) is 13.2. The van der Waals surface area contributed by atoms with E-state index >= 15 is 0 Å². The van der Waals surface area contributed by atoms with Gasteiger partial charge < -0.3 is 14.8 Å². The number of rotatable bonds is 3. The number of aliphatic carboxylic acids is 1. The lowest BCUT2D eigenvalue weighted by atomic mass is 9.78. The van der Waals surface area contributed by atoms with Crippen LogP contribution in [0.2, 0.25) is 0 Å². The van der Waals surface area contributed by atoms with E-state index in [4.69, 9.17) is 0 Å². The fourth-order valence-electron chi connectivity index (χ4n) is 3.73.